The van der Waals surface area contributed by atoms with E-state index in [9.17, 15) is 0 Å². The fourth-order valence-electron chi connectivity index (χ4n) is 1.13. The van der Waals surface area contributed by atoms with Crippen molar-refractivity contribution in [1.29, 1.82) is 0 Å². The average molecular weight is 255 g/mol. The molecule has 2 aromatic rings. The first-order valence-corrected chi connectivity index (χ1v) is 5.25. The number of halogens is 2. The van der Waals surface area contributed by atoms with Crippen LogP contribution in [0.2, 0.25) is 10.0 Å². The molecule has 5 heteroatoms. The van der Waals surface area contributed by atoms with Crippen molar-refractivity contribution in [2.45, 2.75) is 0 Å². The number of rotatable bonds is 2. The summed E-state index contributed by atoms with van der Waals surface area (Å²) >= 11 is 11.5. The molecule has 0 aliphatic carbocycles. The largest absolute Gasteiger partial charge is 0.437 e. The minimum Gasteiger partial charge on any atom is -0.437 e. The Labute approximate surface area is 103 Å². The maximum absolute atomic E-state index is 5.83. The van der Waals surface area contributed by atoms with E-state index in [1.807, 2.05) is 0 Å². The number of anilines is 1. The molecule has 0 aliphatic rings. The van der Waals surface area contributed by atoms with E-state index in [1.54, 1.807) is 30.3 Å². The Hall–Kier alpha value is -1.45. The first kappa shape index (κ1) is 11.0. The molecule has 0 radical (unpaired) electrons. The zero-order chi connectivity index (χ0) is 11.5. The van der Waals surface area contributed by atoms with E-state index in [4.69, 9.17) is 33.7 Å². The van der Waals surface area contributed by atoms with Gasteiger partial charge in [-0.05, 0) is 18.2 Å². The van der Waals surface area contributed by atoms with Gasteiger partial charge >= 0.3 is 0 Å². The lowest BCUT2D eigenvalue weighted by molar-refractivity contribution is 0.465. The standard InChI is InChI=1S/C11H8Cl2N2O/c12-7-1-3-9(14)10(5-7)16-11-4-2-8(13)6-15-11/h1-6H,14H2. The fourth-order valence-corrected chi connectivity index (χ4v) is 1.41. The second kappa shape index (κ2) is 4.60. The van der Waals surface area contributed by atoms with Gasteiger partial charge in [-0.3, -0.25) is 0 Å². The highest BCUT2D eigenvalue weighted by Crippen LogP contribution is 2.29. The Kier molecular flexibility index (Phi) is 3.17. The predicted octanol–water partition coefficient (Wildman–Crippen LogP) is 3.76. The van der Waals surface area contributed by atoms with Crippen LogP contribution in [0.4, 0.5) is 5.69 Å². The molecule has 1 aromatic carbocycles. The molecule has 0 spiro atoms. The minimum atomic E-state index is 0.415. The quantitative estimate of drug-likeness (QED) is 0.831. The highest BCUT2D eigenvalue weighted by molar-refractivity contribution is 6.31. The summed E-state index contributed by atoms with van der Waals surface area (Å²) in [5.74, 6) is 0.890. The Bertz CT molecular complexity index is 500. The van der Waals surface area contributed by atoms with Gasteiger partial charge in [0.1, 0.15) is 0 Å². The van der Waals surface area contributed by atoms with Crippen LogP contribution in [-0.2, 0) is 0 Å². The van der Waals surface area contributed by atoms with Crippen LogP contribution in [0.3, 0.4) is 0 Å². The topological polar surface area (TPSA) is 48.1 Å². The van der Waals surface area contributed by atoms with Gasteiger partial charge in [-0.2, -0.15) is 0 Å². The van der Waals surface area contributed by atoms with Crippen LogP contribution in [0.25, 0.3) is 0 Å². The summed E-state index contributed by atoms with van der Waals surface area (Å²) in [5, 5.41) is 1.10. The summed E-state index contributed by atoms with van der Waals surface area (Å²) < 4.78 is 5.47. The van der Waals surface area contributed by atoms with Crippen molar-refractivity contribution in [2.24, 2.45) is 0 Å². The van der Waals surface area contributed by atoms with Crippen LogP contribution in [0.1, 0.15) is 0 Å². The number of hydrogen-bond donors (Lipinski definition) is 1. The molecule has 0 amide bonds. The van der Waals surface area contributed by atoms with Crippen molar-refractivity contribution in [3.63, 3.8) is 0 Å². The van der Waals surface area contributed by atoms with Crippen molar-refractivity contribution in [3.05, 3.63) is 46.6 Å². The van der Waals surface area contributed by atoms with Crippen molar-refractivity contribution < 1.29 is 4.74 Å². The lowest BCUT2D eigenvalue weighted by atomic mass is 10.3. The second-order valence-electron chi connectivity index (χ2n) is 3.10. The third-order valence-corrected chi connectivity index (χ3v) is 2.35. The monoisotopic (exact) mass is 254 g/mol. The average Bonchev–Trinajstić information content (AvgIpc) is 2.27. The lowest BCUT2D eigenvalue weighted by Gasteiger charge is -2.07. The predicted molar refractivity (Wildman–Crippen MR) is 65.2 cm³/mol. The Balaban J connectivity index is 2.26. The van der Waals surface area contributed by atoms with Gasteiger partial charge in [0.05, 0.1) is 10.7 Å². The summed E-state index contributed by atoms with van der Waals surface area (Å²) in [5.41, 5.74) is 6.23. The van der Waals surface area contributed by atoms with E-state index >= 15 is 0 Å². The molecule has 0 unspecified atom stereocenters. The van der Waals surface area contributed by atoms with E-state index < -0.39 is 0 Å². The van der Waals surface area contributed by atoms with Crippen LogP contribution < -0.4 is 10.5 Å². The molecule has 1 aromatic heterocycles. The number of ether oxygens (including phenoxy) is 1. The second-order valence-corrected chi connectivity index (χ2v) is 3.97. The Morgan fingerprint density at radius 3 is 2.50 bits per heavy atom. The molecule has 3 nitrogen and oxygen atoms in total. The van der Waals surface area contributed by atoms with Crippen molar-refractivity contribution in [1.82, 2.24) is 4.98 Å². The lowest BCUT2D eigenvalue weighted by Crippen LogP contribution is -1.93. The summed E-state index contributed by atoms with van der Waals surface area (Å²) in [7, 11) is 0. The number of nitrogens with two attached hydrogens (primary N) is 1. The third-order valence-electron chi connectivity index (χ3n) is 1.89. The summed E-state index contributed by atoms with van der Waals surface area (Å²) in [6, 6.07) is 8.34. The van der Waals surface area contributed by atoms with Crippen molar-refractivity contribution >= 4 is 28.9 Å². The van der Waals surface area contributed by atoms with E-state index in [0.29, 0.717) is 27.4 Å². The van der Waals surface area contributed by atoms with E-state index in [2.05, 4.69) is 4.98 Å². The van der Waals surface area contributed by atoms with Gasteiger partial charge in [-0.15, -0.1) is 0 Å². The number of pyridine rings is 1. The molecule has 0 fully saturated rings. The first-order chi connectivity index (χ1) is 7.65. The van der Waals surface area contributed by atoms with Gasteiger partial charge in [-0.1, -0.05) is 23.2 Å². The summed E-state index contributed by atoms with van der Waals surface area (Å²) in [4.78, 5) is 3.99. The van der Waals surface area contributed by atoms with E-state index in [1.165, 1.54) is 6.20 Å². The number of benzene rings is 1. The molecule has 82 valence electrons. The van der Waals surface area contributed by atoms with Crippen LogP contribution in [-0.4, -0.2) is 4.98 Å². The Morgan fingerprint density at radius 2 is 1.81 bits per heavy atom. The van der Waals surface area contributed by atoms with Crippen LogP contribution in [0.5, 0.6) is 11.6 Å². The van der Waals surface area contributed by atoms with Crippen molar-refractivity contribution in [2.75, 3.05) is 5.73 Å². The van der Waals surface area contributed by atoms with Crippen LogP contribution in [0.15, 0.2) is 36.5 Å². The molecule has 1 heterocycles. The molecule has 0 aliphatic heterocycles. The Morgan fingerprint density at radius 1 is 1.06 bits per heavy atom. The number of nitrogen functional groups attached to an aromatic ring is 1. The zero-order valence-corrected chi connectivity index (χ0v) is 9.66. The molecule has 2 rings (SSSR count). The first-order valence-electron chi connectivity index (χ1n) is 4.49. The third kappa shape index (κ3) is 2.56. The van der Waals surface area contributed by atoms with Crippen LogP contribution in [0, 0.1) is 0 Å². The molecule has 0 saturated heterocycles. The van der Waals surface area contributed by atoms with Crippen LogP contribution >= 0.6 is 23.2 Å². The maximum Gasteiger partial charge on any atom is 0.219 e. The normalized spacial score (nSPS) is 10.1. The molecule has 0 atom stereocenters. The van der Waals surface area contributed by atoms with Gasteiger partial charge in [-0.25, -0.2) is 4.98 Å². The SMILES string of the molecule is Nc1ccc(Cl)cc1Oc1ccc(Cl)cn1. The van der Waals surface area contributed by atoms with Gasteiger partial charge in [0.2, 0.25) is 5.88 Å². The maximum atomic E-state index is 5.83. The summed E-state index contributed by atoms with van der Waals surface area (Å²) in [6.07, 6.45) is 1.50. The highest BCUT2D eigenvalue weighted by Gasteiger charge is 2.03. The van der Waals surface area contributed by atoms with Gasteiger partial charge in [0.25, 0.3) is 0 Å². The van der Waals surface area contributed by atoms with Gasteiger partial charge < -0.3 is 10.5 Å². The molecule has 16 heavy (non-hydrogen) atoms. The molecule has 0 bridgehead atoms. The molecule has 0 saturated carbocycles. The fraction of sp³-hybridized carbons (Fsp3) is 0. The van der Waals surface area contributed by atoms with Gasteiger partial charge in [0.15, 0.2) is 5.75 Å². The van der Waals surface area contributed by atoms with E-state index in [-0.39, 0.29) is 0 Å². The number of hydrogen-bond acceptors (Lipinski definition) is 3. The molecular weight excluding hydrogens is 247 g/mol. The number of nitrogens with zero attached hydrogens (tertiary/aromatic N) is 1. The van der Waals surface area contributed by atoms with E-state index in [0.717, 1.165) is 0 Å². The summed E-state index contributed by atoms with van der Waals surface area (Å²) in [6.45, 7) is 0. The molecule has 2 N–H and O–H groups in total. The minimum absolute atomic E-state index is 0.415. The van der Waals surface area contributed by atoms with Crippen molar-refractivity contribution in [3.8, 4) is 11.6 Å². The van der Waals surface area contributed by atoms with Gasteiger partial charge in [0, 0.05) is 23.4 Å². The molecular formula is C11H8Cl2N2O. The highest BCUT2D eigenvalue weighted by atomic mass is 35.5. The smallest absolute Gasteiger partial charge is 0.219 e. The zero-order valence-electron chi connectivity index (χ0n) is 8.15. The number of aromatic nitrogens is 1.